The molecule has 1 N–H and O–H groups in total. The van der Waals surface area contributed by atoms with E-state index in [0.717, 1.165) is 30.5 Å². The van der Waals surface area contributed by atoms with Crippen molar-refractivity contribution in [3.63, 3.8) is 0 Å². The summed E-state index contributed by atoms with van der Waals surface area (Å²) in [4.78, 5) is 20.9. The van der Waals surface area contributed by atoms with Gasteiger partial charge in [-0.05, 0) is 42.7 Å². The number of anilines is 2. The van der Waals surface area contributed by atoms with E-state index in [1.165, 1.54) is 6.07 Å². The van der Waals surface area contributed by atoms with Gasteiger partial charge in [0.2, 0.25) is 5.91 Å². The second-order valence-electron chi connectivity index (χ2n) is 7.87. The highest BCUT2D eigenvalue weighted by Crippen LogP contribution is 2.36. The number of rotatable bonds is 7. The van der Waals surface area contributed by atoms with Gasteiger partial charge >= 0.3 is 6.18 Å². The van der Waals surface area contributed by atoms with E-state index >= 15 is 0 Å². The first-order valence-electron chi connectivity index (χ1n) is 10.4. The fraction of sp³-hybridized carbons (Fsp3) is 0.455. The van der Waals surface area contributed by atoms with Gasteiger partial charge in [0.05, 0.1) is 36.7 Å². The molecule has 2 heterocycles. The van der Waals surface area contributed by atoms with Gasteiger partial charge in [0, 0.05) is 38.1 Å². The van der Waals surface area contributed by atoms with Crippen LogP contribution in [0.25, 0.3) is 0 Å². The molecule has 4 rings (SSSR count). The van der Waals surface area contributed by atoms with Crippen molar-refractivity contribution in [3.05, 3.63) is 53.9 Å². The van der Waals surface area contributed by atoms with Gasteiger partial charge in [0.15, 0.2) is 0 Å². The third kappa shape index (κ3) is 5.74. The second kappa shape index (κ2) is 9.23. The lowest BCUT2D eigenvalue weighted by molar-refractivity contribution is -0.137. The number of carbonyl (C=O) groups excluding carboxylic acids is 1. The molecule has 31 heavy (non-hydrogen) atoms. The Morgan fingerprint density at radius 2 is 2.00 bits per heavy atom. The number of nitrogens with zero attached hydrogens (tertiary/aromatic N) is 3. The molecule has 166 valence electrons. The first kappa shape index (κ1) is 21.6. The summed E-state index contributed by atoms with van der Waals surface area (Å²) in [5.74, 6) is -0.329. The lowest BCUT2D eigenvalue weighted by atomic mass is 10.1. The molecule has 1 aromatic heterocycles. The highest BCUT2D eigenvalue weighted by Gasteiger charge is 2.33. The zero-order chi connectivity index (χ0) is 21.8. The summed E-state index contributed by atoms with van der Waals surface area (Å²) < 4.78 is 45.2. The summed E-state index contributed by atoms with van der Waals surface area (Å²) in [6.45, 7) is 2.79. The number of halogens is 3. The predicted octanol–water partition coefficient (Wildman–Crippen LogP) is 3.54. The smallest absolute Gasteiger partial charge is 0.378 e. The maximum atomic E-state index is 13.3. The van der Waals surface area contributed by atoms with Crippen LogP contribution in [-0.2, 0) is 22.3 Å². The van der Waals surface area contributed by atoms with Crippen LogP contribution in [0.15, 0.2) is 42.7 Å². The van der Waals surface area contributed by atoms with Crippen molar-refractivity contribution in [2.75, 3.05) is 43.1 Å². The molecule has 1 saturated carbocycles. The molecule has 2 aromatic rings. The van der Waals surface area contributed by atoms with Crippen LogP contribution in [0.2, 0.25) is 0 Å². The normalized spacial score (nSPS) is 17.1. The number of hydrogen-bond donors (Lipinski definition) is 1. The van der Waals surface area contributed by atoms with Gasteiger partial charge in [-0.1, -0.05) is 6.07 Å². The molecule has 0 spiro atoms. The first-order chi connectivity index (χ1) is 14.9. The Balaban J connectivity index is 1.51. The van der Waals surface area contributed by atoms with Crippen molar-refractivity contribution >= 4 is 17.3 Å². The Labute approximate surface area is 179 Å². The Morgan fingerprint density at radius 1 is 1.23 bits per heavy atom. The van der Waals surface area contributed by atoms with E-state index < -0.39 is 11.7 Å². The lowest BCUT2D eigenvalue weighted by Crippen LogP contribution is -2.38. The minimum atomic E-state index is -4.48. The van der Waals surface area contributed by atoms with Crippen molar-refractivity contribution in [2.24, 2.45) is 0 Å². The maximum absolute atomic E-state index is 13.3. The van der Waals surface area contributed by atoms with Crippen molar-refractivity contribution in [1.29, 1.82) is 0 Å². The number of hydrogen-bond acceptors (Lipinski definition) is 5. The summed E-state index contributed by atoms with van der Waals surface area (Å²) in [5.41, 5.74) is 0.971. The van der Waals surface area contributed by atoms with E-state index in [9.17, 15) is 18.0 Å². The van der Waals surface area contributed by atoms with Crippen molar-refractivity contribution < 1.29 is 22.7 Å². The van der Waals surface area contributed by atoms with Crippen molar-refractivity contribution in [1.82, 2.24) is 9.88 Å². The molecule has 1 saturated heterocycles. The van der Waals surface area contributed by atoms with Crippen LogP contribution < -0.4 is 10.2 Å². The van der Waals surface area contributed by atoms with Crippen LogP contribution in [0.1, 0.15) is 24.0 Å². The number of nitrogens with one attached hydrogen (secondary N) is 1. The fourth-order valence-corrected chi connectivity index (χ4v) is 3.75. The maximum Gasteiger partial charge on any atom is 0.416 e. The summed E-state index contributed by atoms with van der Waals surface area (Å²) in [6.07, 6.45) is 0.991. The van der Waals surface area contributed by atoms with E-state index in [-0.39, 0.29) is 18.1 Å². The third-order valence-electron chi connectivity index (χ3n) is 5.47. The Kier molecular flexibility index (Phi) is 6.43. The molecular formula is C22H25F3N4O2. The number of amides is 1. The average Bonchev–Trinajstić information content (AvgIpc) is 3.59. The molecule has 0 bridgehead atoms. The number of carbonyl (C=O) groups is 1. The average molecular weight is 434 g/mol. The molecule has 2 fully saturated rings. The Morgan fingerprint density at radius 3 is 2.65 bits per heavy atom. The zero-order valence-electron chi connectivity index (χ0n) is 17.1. The highest BCUT2D eigenvalue weighted by molar-refractivity contribution is 5.96. The molecule has 2 aliphatic rings. The molecule has 1 aliphatic heterocycles. The van der Waals surface area contributed by atoms with Crippen LogP contribution in [0, 0.1) is 0 Å². The van der Waals surface area contributed by atoms with Crippen molar-refractivity contribution in [3.8, 4) is 0 Å². The molecule has 0 atom stereocenters. The van der Waals surface area contributed by atoms with E-state index in [2.05, 4.69) is 10.3 Å². The molecule has 0 unspecified atom stereocenters. The van der Waals surface area contributed by atoms with Gasteiger partial charge < -0.3 is 15.0 Å². The molecular weight excluding hydrogens is 409 g/mol. The van der Waals surface area contributed by atoms with Gasteiger partial charge in [-0.2, -0.15) is 13.2 Å². The van der Waals surface area contributed by atoms with Crippen molar-refractivity contribution in [2.45, 2.75) is 31.6 Å². The Bertz CT molecular complexity index is 897. The predicted molar refractivity (Wildman–Crippen MR) is 111 cm³/mol. The topological polar surface area (TPSA) is 57.7 Å². The zero-order valence-corrected chi connectivity index (χ0v) is 17.1. The van der Waals surface area contributed by atoms with Crippen LogP contribution >= 0.6 is 0 Å². The minimum absolute atomic E-state index is 0.109. The molecule has 1 aromatic carbocycles. The lowest BCUT2D eigenvalue weighted by Gasteiger charge is -2.31. The fourth-order valence-electron chi connectivity index (χ4n) is 3.75. The van der Waals surface area contributed by atoms with Crippen LogP contribution in [-0.4, -0.2) is 54.7 Å². The number of morpholine rings is 1. The number of alkyl halides is 3. The number of pyridine rings is 1. The number of ether oxygens (including phenoxy) is 1. The van der Waals surface area contributed by atoms with E-state index in [0.29, 0.717) is 44.6 Å². The summed E-state index contributed by atoms with van der Waals surface area (Å²) in [5, 5.41) is 2.74. The van der Waals surface area contributed by atoms with Gasteiger partial charge in [0.25, 0.3) is 0 Å². The summed E-state index contributed by atoms with van der Waals surface area (Å²) >= 11 is 0. The largest absolute Gasteiger partial charge is 0.416 e. The van der Waals surface area contributed by atoms with Crippen LogP contribution in [0.3, 0.4) is 0 Å². The second-order valence-corrected chi connectivity index (χ2v) is 7.87. The van der Waals surface area contributed by atoms with Gasteiger partial charge in [-0.15, -0.1) is 0 Å². The Hall–Kier alpha value is -2.65. The van der Waals surface area contributed by atoms with E-state index in [1.54, 1.807) is 12.4 Å². The number of aromatic nitrogens is 1. The molecule has 1 aliphatic carbocycles. The van der Waals surface area contributed by atoms with E-state index in [4.69, 9.17) is 4.74 Å². The van der Waals surface area contributed by atoms with Crippen LogP contribution in [0.4, 0.5) is 24.5 Å². The molecule has 1 amide bonds. The molecule has 9 heteroatoms. The van der Waals surface area contributed by atoms with Gasteiger partial charge in [-0.3, -0.25) is 14.7 Å². The highest BCUT2D eigenvalue weighted by atomic mass is 19.4. The summed E-state index contributed by atoms with van der Waals surface area (Å²) in [7, 11) is 0. The van der Waals surface area contributed by atoms with E-state index in [1.807, 2.05) is 21.9 Å². The first-order valence-corrected chi connectivity index (χ1v) is 10.4. The molecule has 6 nitrogen and oxygen atoms in total. The standard InChI is InChI=1S/C22H25F3N4O2/c23-22(24,25)17-3-6-20(28-8-10-31-11-9-28)19(12-17)27-21(30)15-29(18-4-5-18)14-16-2-1-7-26-13-16/h1-3,6-7,12-13,18H,4-5,8-11,14-15H2,(H,27,30). The SMILES string of the molecule is O=C(CN(Cc1cccnc1)C1CC1)Nc1cc(C(F)(F)F)ccc1N1CCOCC1. The summed E-state index contributed by atoms with van der Waals surface area (Å²) in [6, 6.07) is 7.61. The molecule has 0 radical (unpaired) electrons. The van der Waals surface area contributed by atoms with Crippen LogP contribution in [0.5, 0.6) is 0 Å². The van der Waals surface area contributed by atoms with Gasteiger partial charge in [-0.25, -0.2) is 0 Å². The third-order valence-corrected chi connectivity index (χ3v) is 5.47. The minimum Gasteiger partial charge on any atom is -0.378 e. The van der Waals surface area contributed by atoms with Gasteiger partial charge in [0.1, 0.15) is 0 Å². The monoisotopic (exact) mass is 434 g/mol. The quantitative estimate of drug-likeness (QED) is 0.723. The number of benzene rings is 1.